The number of aromatic hydroxyl groups is 1. The molecular formula is C18H22N4O8. The fourth-order valence-electron chi connectivity index (χ4n) is 2.38. The zero-order chi connectivity index (χ0) is 22.7. The van der Waals surface area contributed by atoms with Crippen molar-refractivity contribution in [2.24, 2.45) is 0 Å². The molecule has 0 radical (unpaired) electrons. The molecule has 0 fully saturated rings. The Labute approximate surface area is 171 Å². The van der Waals surface area contributed by atoms with Crippen LogP contribution in [-0.4, -0.2) is 44.2 Å². The van der Waals surface area contributed by atoms with Gasteiger partial charge < -0.3 is 15.5 Å². The van der Waals surface area contributed by atoms with Gasteiger partial charge in [0.15, 0.2) is 0 Å². The first-order valence-electron chi connectivity index (χ1n) is 8.89. The van der Waals surface area contributed by atoms with Crippen LogP contribution in [0.4, 0.5) is 17.1 Å². The van der Waals surface area contributed by atoms with E-state index in [-0.39, 0.29) is 12.6 Å². The molecule has 0 bridgehead atoms. The second kappa shape index (κ2) is 12.0. The van der Waals surface area contributed by atoms with Crippen LogP contribution in [0.5, 0.6) is 5.75 Å². The van der Waals surface area contributed by atoms with Gasteiger partial charge in [0.25, 0.3) is 11.4 Å². The van der Waals surface area contributed by atoms with Crippen molar-refractivity contribution in [2.45, 2.75) is 25.8 Å². The summed E-state index contributed by atoms with van der Waals surface area (Å²) in [5, 5.41) is 52.5. The lowest BCUT2D eigenvalue weighted by Gasteiger charge is -2.13. The van der Waals surface area contributed by atoms with Gasteiger partial charge in [-0.2, -0.15) is 0 Å². The van der Waals surface area contributed by atoms with Crippen molar-refractivity contribution in [3.05, 3.63) is 78.4 Å². The molecule has 0 aromatic heterocycles. The number of nitro benzene ring substituents is 3. The van der Waals surface area contributed by atoms with Gasteiger partial charge in [-0.25, -0.2) is 0 Å². The van der Waals surface area contributed by atoms with Gasteiger partial charge in [0.05, 0.1) is 33.5 Å². The van der Waals surface area contributed by atoms with E-state index in [9.17, 15) is 30.3 Å². The molecule has 2 rings (SSSR count). The Morgan fingerprint density at radius 2 is 1.50 bits per heavy atom. The highest BCUT2D eigenvalue weighted by molar-refractivity contribution is 5.64. The number of benzene rings is 2. The van der Waals surface area contributed by atoms with E-state index in [4.69, 9.17) is 10.2 Å². The van der Waals surface area contributed by atoms with Crippen molar-refractivity contribution in [1.29, 1.82) is 0 Å². The molecule has 0 amide bonds. The van der Waals surface area contributed by atoms with Crippen LogP contribution in [0.15, 0.2) is 42.5 Å². The Hall–Kier alpha value is -3.64. The van der Waals surface area contributed by atoms with Crippen molar-refractivity contribution < 1.29 is 25.0 Å². The normalized spacial score (nSPS) is 11.1. The average molecular weight is 422 g/mol. The van der Waals surface area contributed by atoms with Gasteiger partial charge in [0.1, 0.15) is 0 Å². The SMILES string of the molecule is CCC(CO)NCCc1ccccc1.O=[N+]([O-])c1cc([N+](=O)[O-])c(O)c([N+](=O)[O-])c1. The summed E-state index contributed by atoms with van der Waals surface area (Å²) in [6.07, 6.45) is 2.00. The third-order valence-electron chi connectivity index (χ3n) is 4.06. The van der Waals surface area contributed by atoms with Crippen molar-refractivity contribution >= 4 is 17.1 Å². The van der Waals surface area contributed by atoms with Gasteiger partial charge in [-0.05, 0) is 24.9 Å². The molecule has 1 atom stereocenters. The summed E-state index contributed by atoms with van der Waals surface area (Å²) < 4.78 is 0. The van der Waals surface area contributed by atoms with Crippen molar-refractivity contribution in [1.82, 2.24) is 5.32 Å². The molecule has 0 saturated heterocycles. The fraction of sp³-hybridized carbons (Fsp3) is 0.333. The van der Waals surface area contributed by atoms with E-state index in [0.717, 1.165) is 19.4 Å². The van der Waals surface area contributed by atoms with Crippen LogP contribution in [0.25, 0.3) is 0 Å². The smallest absolute Gasteiger partial charge is 0.324 e. The molecule has 12 nitrogen and oxygen atoms in total. The number of phenolic OH excluding ortho intramolecular Hbond substituents is 1. The quantitative estimate of drug-likeness (QED) is 0.404. The summed E-state index contributed by atoms with van der Waals surface area (Å²) in [4.78, 5) is 27.8. The molecule has 3 N–H and O–H groups in total. The molecule has 2 aromatic rings. The molecular weight excluding hydrogens is 400 g/mol. The molecule has 0 spiro atoms. The number of nitrogens with one attached hydrogen (secondary N) is 1. The Balaban J connectivity index is 0.000000303. The number of aliphatic hydroxyl groups excluding tert-OH is 1. The number of rotatable bonds is 9. The summed E-state index contributed by atoms with van der Waals surface area (Å²) in [6.45, 7) is 3.24. The minimum Gasteiger partial charge on any atom is -0.497 e. The number of nitro groups is 3. The lowest BCUT2D eigenvalue weighted by atomic mass is 10.1. The van der Waals surface area contributed by atoms with E-state index >= 15 is 0 Å². The van der Waals surface area contributed by atoms with Crippen LogP contribution in [0.2, 0.25) is 0 Å². The molecule has 0 aliphatic rings. The molecule has 1 unspecified atom stereocenters. The Morgan fingerprint density at radius 1 is 0.967 bits per heavy atom. The molecule has 2 aromatic carbocycles. The first-order chi connectivity index (χ1) is 14.2. The van der Waals surface area contributed by atoms with Gasteiger partial charge in [-0.3, -0.25) is 30.3 Å². The van der Waals surface area contributed by atoms with Crippen LogP contribution < -0.4 is 5.32 Å². The number of phenols is 1. The van der Waals surface area contributed by atoms with E-state index in [2.05, 4.69) is 36.5 Å². The van der Waals surface area contributed by atoms with Gasteiger partial charge in [0, 0.05) is 6.04 Å². The van der Waals surface area contributed by atoms with Gasteiger partial charge in [-0.15, -0.1) is 0 Å². The van der Waals surface area contributed by atoms with Gasteiger partial charge in [-0.1, -0.05) is 37.3 Å². The third-order valence-corrected chi connectivity index (χ3v) is 4.06. The maximum Gasteiger partial charge on any atom is 0.324 e. The van der Waals surface area contributed by atoms with E-state index in [1.807, 2.05) is 6.07 Å². The highest BCUT2D eigenvalue weighted by Crippen LogP contribution is 2.38. The molecule has 0 aliphatic heterocycles. The van der Waals surface area contributed by atoms with Crippen molar-refractivity contribution in [3.8, 4) is 5.75 Å². The van der Waals surface area contributed by atoms with Gasteiger partial charge in [0.2, 0.25) is 0 Å². The standard InChI is InChI=1S/C12H19NO.C6H3N3O7/c1-2-12(10-14)13-9-8-11-6-4-3-5-7-11;10-6-4(8(13)14)1-3(7(11)12)2-5(6)9(15)16/h3-7,12-14H,2,8-10H2,1H3;1-2,10H. The zero-order valence-corrected chi connectivity index (χ0v) is 16.1. The van der Waals surface area contributed by atoms with Crippen molar-refractivity contribution in [2.75, 3.05) is 13.2 Å². The van der Waals surface area contributed by atoms with E-state index < -0.39 is 37.6 Å². The van der Waals surface area contributed by atoms with E-state index in [0.29, 0.717) is 12.1 Å². The zero-order valence-electron chi connectivity index (χ0n) is 16.1. The van der Waals surface area contributed by atoms with Gasteiger partial charge >= 0.3 is 11.4 Å². The van der Waals surface area contributed by atoms with E-state index in [1.54, 1.807) is 0 Å². The molecule has 0 heterocycles. The highest BCUT2D eigenvalue weighted by Gasteiger charge is 2.30. The third kappa shape index (κ3) is 7.41. The highest BCUT2D eigenvalue weighted by atomic mass is 16.6. The van der Waals surface area contributed by atoms with Crippen molar-refractivity contribution in [3.63, 3.8) is 0 Å². The Kier molecular flexibility index (Phi) is 9.79. The largest absolute Gasteiger partial charge is 0.497 e. The summed E-state index contributed by atoms with van der Waals surface area (Å²) in [7, 11) is 0. The second-order valence-corrected chi connectivity index (χ2v) is 6.08. The molecule has 0 aliphatic carbocycles. The monoisotopic (exact) mass is 422 g/mol. The van der Waals surface area contributed by atoms with Crippen LogP contribution in [0, 0.1) is 30.3 Å². The maximum absolute atomic E-state index is 10.4. The summed E-state index contributed by atoms with van der Waals surface area (Å²) in [6, 6.07) is 11.5. The first kappa shape index (κ1) is 24.4. The van der Waals surface area contributed by atoms with Crippen LogP contribution >= 0.6 is 0 Å². The van der Waals surface area contributed by atoms with Crippen LogP contribution in [0.3, 0.4) is 0 Å². The molecule has 162 valence electrons. The summed E-state index contributed by atoms with van der Waals surface area (Å²) >= 11 is 0. The average Bonchev–Trinajstić information content (AvgIpc) is 2.72. The number of non-ortho nitro benzene ring substituents is 1. The van der Waals surface area contributed by atoms with E-state index in [1.165, 1.54) is 5.56 Å². The minimum atomic E-state index is -1.21. The second-order valence-electron chi connectivity index (χ2n) is 6.08. The Morgan fingerprint density at radius 3 is 1.90 bits per heavy atom. The molecule has 30 heavy (non-hydrogen) atoms. The lowest BCUT2D eigenvalue weighted by molar-refractivity contribution is -0.404. The summed E-state index contributed by atoms with van der Waals surface area (Å²) in [5.74, 6) is -1.21. The summed E-state index contributed by atoms with van der Waals surface area (Å²) in [5.41, 5.74) is -1.66. The Bertz CT molecular complexity index is 837. The number of nitrogens with zero attached hydrogens (tertiary/aromatic N) is 3. The number of aliphatic hydroxyl groups is 1. The number of hydrogen-bond acceptors (Lipinski definition) is 9. The fourth-order valence-corrected chi connectivity index (χ4v) is 2.38. The molecule has 0 saturated carbocycles. The predicted molar refractivity (Wildman–Crippen MR) is 107 cm³/mol. The van der Waals surface area contributed by atoms with Crippen LogP contribution in [-0.2, 0) is 6.42 Å². The minimum absolute atomic E-state index is 0.227. The molecule has 12 heteroatoms. The lowest BCUT2D eigenvalue weighted by Crippen LogP contribution is -2.33. The first-order valence-corrected chi connectivity index (χ1v) is 8.89. The maximum atomic E-state index is 10.4. The van der Waals surface area contributed by atoms with Crippen LogP contribution in [0.1, 0.15) is 18.9 Å². The number of hydrogen-bond donors (Lipinski definition) is 3. The topological polar surface area (TPSA) is 182 Å². The predicted octanol–water partition coefficient (Wildman–Crippen LogP) is 2.71.